The van der Waals surface area contributed by atoms with Gasteiger partial charge in [-0.15, -0.1) is 0 Å². The van der Waals surface area contributed by atoms with Crippen LogP contribution >= 0.6 is 0 Å². The monoisotopic (exact) mass is 403 g/mol. The fourth-order valence-corrected chi connectivity index (χ4v) is 3.07. The third-order valence-electron chi connectivity index (χ3n) is 4.38. The second kappa shape index (κ2) is 7.82. The number of rotatable bonds is 6. The number of aromatic nitrogens is 3. The van der Waals surface area contributed by atoms with Crippen molar-refractivity contribution in [2.75, 3.05) is 16.8 Å². The maximum Gasteiger partial charge on any atom is 0.387 e. The van der Waals surface area contributed by atoms with E-state index >= 15 is 0 Å². The van der Waals surface area contributed by atoms with E-state index in [1.807, 2.05) is 6.07 Å². The van der Waals surface area contributed by atoms with Gasteiger partial charge < -0.3 is 10.1 Å². The normalized spacial score (nSPS) is 13.5. The molecule has 0 fully saturated rings. The molecule has 0 unspecified atom stereocenters. The van der Waals surface area contributed by atoms with Crippen molar-refractivity contribution in [2.24, 2.45) is 0 Å². The van der Waals surface area contributed by atoms with E-state index in [2.05, 4.69) is 20.1 Å². The van der Waals surface area contributed by atoms with Gasteiger partial charge in [0.2, 0.25) is 0 Å². The fourth-order valence-electron chi connectivity index (χ4n) is 3.07. The van der Waals surface area contributed by atoms with Gasteiger partial charge in [-0.3, -0.25) is 14.4 Å². The number of nitrogens with one attached hydrogen (secondary N) is 1. The summed E-state index contributed by atoms with van der Waals surface area (Å²) in [6.07, 6.45) is 1.62. The zero-order valence-corrected chi connectivity index (χ0v) is 15.1. The summed E-state index contributed by atoms with van der Waals surface area (Å²) in [5.74, 6) is -0.642. The number of alkyl halides is 2. The van der Waals surface area contributed by atoms with Gasteiger partial charge in [-0.2, -0.15) is 13.9 Å². The van der Waals surface area contributed by atoms with Crippen LogP contribution < -0.4 is 15.0 Å². The molecule has 3 aromatic rings. The summed E-state index contributed by atoms with van der Waals surface area (Å²) in [5, 5.41) is 7.22. The third kappa shape index (κ3) is 4.00. The minimum Gasteiger partial charge on any atom is -0.435 e. The number of nitrogens with zero attached hydrogens (tertiary/aromatic N) is 4. The number of ether oxygens (including phenoxy) is 1. The number of carbonyl (C=O) groups is 1. The first-order chi connectivity index (χ1) is 14.0. The summed E-state index contributed by atoms with van der Waals surface area (Å²) < 4.78 is 44.2. The molecule has 3 heterocycles. The van der Waals surface area contributed by atoms with Gasteiger partial charge in [0.1, 0.15) is 23.1 Å². The molecule has 1 N–H and O–H groups in total. The van der Waals surface area contributed by atoms with Gasteiger partial charge in [0.15, 0.2) is 0 Å². The lowest BCUT2D eigenvalue weighted by molar-refractivity contribution is -0.0499. The van der Waals surface area contributed by atoms with Crippen LogP contribution in [-0.4, -0.2) is 33.8 Å². The van der Waals surface area contributed by atoms with Crippen LogP contribution in [0.3, 0.4) is 0 Å². The molecule has 1 aromatic carbocycles. The van der Waals surface area contributed by atoms with Crippen molar-refractivity contribution in [1.29, 1.82) is 0 Å². The Morgan fingerprint density at radius 2 is 2.03 bits per heavy atom. The summed E-state index contributed by atoms with van der Waals surface area (Å²) in [6, 6.07) is 10.4. The van der Waals surface area contributed by atoms with E-state index in [1.165, 1.54) is 12.1 Å². The number of fused-ring (bicyclic) bond motifs is 1. The molecule has 0 aliphatic carbocycles. The Hall–Kier alpha value is -3.56. The molecule has 0 spiro atoms. The van der Waals surface area contributed by atoms with E-state index < -0.39 is 12.4 Å². The van der Waals surface area contributed by atoms with Crippen molar-refractivity contribution in [1.82, 2.24) is 14.8 Å². The lowest BCUT2D eigenvalue weighted by atomic mass is 10.2. The van der Waals surface area contributed by atoms with Gasteiger partial charge >= 0.3 is 6.61 Å². The van der Waals surface area contributed by atoms with Crippen molar-refractivity contribution in [3.63, 3.8) is 0 Å². The van der Waals surface area contributed by atoms with Gasteiger partial charge in [-0.05, 0) is 30.3 Å². The molecule has 7 nitrogen and oxygen atoms in total. The molecule has 1 amide bonds. The quantitative estimate of drug-likeness (QED) is 0.684. The van der Waals surface area contributed by atoms with E-state index in [-0.39, 0.29) is 23.9 Å². The second-order valence-corrected chi connectivity index (χ2v) is 6.26. The first-order valence-electron chi connectivity index (χ1n) is 8.79. The highest BCUT2D eigenvalue weighted by Crippen LogP contribution is 2.23. The topological polar surface area (TPSA) is 72.3 Å². The van der Waals surface area contributed by atoms with Crippen LogP contribution in [0.15, 0.2) is 48.7 Å². The van der Waals surface area contributed by atoms with E-state index in [9.17, 15) is 18.0 Å². The zero-order valence-electron chi connectivity index (χ0n) is 15.1. The van der Waals surface area contributed by atoms with E-state index in [0.717, 1.165) is 6.07 Å². The highest BCUT2D eigenvalue weighted by atomic mass is 19.3. The Labute approximate surface area is 163 Å². The Morgan fingerprint density at radius 1 is 1.17 bits per heavy atom. The highest BCUT2D eigenvalue weighted by Gasteiger charge is 2.28. The van der Waals surface area contributed by atoms with Crippen LogP contribution in [0.25, 0.3) is 0 Å². The number of hydrogen-bond donors (Lipinski definition) is 1. The van der Waals surface area contributed by atoms with Gasteiger partial charge in [-0.25, -0.2) is 9.37 Å². The number of halogens is 3. The maximum absolute atomic E-state index is 14.1. The fraction of sp³-hybridized carbons (Fsp3) is 0.211. The van der Waals surface area contributed by atoms with Crippen LogP contribution in [0, 0.1) is 5.82 Å². The molecule has 2 aromatic heterocycles. The number of hydrogen-bond acceptors (Lipinski definition) is 5. The SMILES string of the molecule is O=C1c2cc(CNc3ccc(OC(F)F)cc3F)nn2CCN1c1ccccn1. The molecule has 4 rings (SSSR count). The summed E-state index contributed by atoms with van der Waals surface area (Å²) in [5.41, 5.74) is 1.07. The Morgan fingerprint density at radius 3 is 2.76 bits per heavy atom. The zero-order chi connectivity index (χ0) is 20.4. The second-order valence-electron chi connectivity index (χ2n) is 6.26. The predicted octanol–water partition coefficient (Wildman–Crippen LogP) is 3.29. The van der Waals surface area contributed by atoms with Crippen LogP contribution in [0.5, 0.6) is 5.75 Å². The van der Waals surface area contributed by atoms with E-state index in [4.69, 9.17) is 0 Å². The smallest absolute Gasteiger partial charge is 0.387 e. The number of carbonyl (C=O) groups excluding carboxylic acids is 1. The van der Waals surface area contributed by atoms with Gasteiger partial charge in [-0.1, -0.05) is 6.07 Å². The Bertz CT molecular complexity index is 1030. The molecular weight excluding hydrogens is 387 g/mol. The molecular formula is C19H16F3N5O2. The summed E-state index contributed by atoms with van der Waals surface area (Å²) in [4.78, 5) is 18.5. The average Bonchev–Trinajstić information content (AvgIpc) is 3.12. The molecule has 10 heteroatoms. The van der Waals surface area contributed by atoms with Crippen LogP contribution in [0.2, 0.25) is 0 Å². The van der Waals surface area contributed by atoms with Crippen molar-refractivity contribution >= 4 is 17.4 Å². The molecule has 0 atom stereocenters. The minimum atomic E-state index is -3.02. The predicted molar refractivity (Wildman–Crippen MR) is 98.5 cm³/mol. The standard InChI is InChI=1S/C19H16F3N5O2/c20-14-10-13(29-19(21)22)4-5-15(14)24-11-12-9-16-18(28)26(7-8-27(16)25-12)17-3-1-2-6-23-17/h1-6,9-10,19,24H,7-8,11H2. The first-order valence-corrected chi connectivity index (χ1v) is 8.79. The van der Waals surface area contributed by atoms with E-state index in [1.54, 1.807) is 34.0 Å². The van der Waals surface area contributed by atoms with Crippen LogP contribution in [-0.2, 0) is 13.1 Å². The van der Waals surface area contributed by atoms with Crippen molar-refractivity contribution in [3.8, 4) is 5.75 Å². The van der Waals surface area contributed by atoms with Crippen LogP contribution in [0.1, 0.15) is 16.2 Å². The highest BCUT2D eigenvalue weighted by molar-refractivity contribution is 6.05. The van der Waals surface area contributed by atoms with Crippen molar-refractivity contribution in [3.05, 3.63) is 65.9 Å². The first kappa shape index (κ1) is 18.8. The molecule has 1 aliphatic rings. The van der Waals surface area contributed by atoms with Gasteiger partial charge in [0.05, 0.1) is 24.5 Å². The lowest BCUT2D eigenvalue weighted by Crippen LogP contribution is -2.40. The third-order valence-corrected chi connectivity index (χ3v) is 4.38. The molecule has 1 aliphatic heterocycles. The van der Waals surface area contributed by atoms with Crippen molar-refractivity contribution < 1.29 is 22.7 Å². The summed E-state index contributed by atoms with van der Waals surface area (Å²) in [7, 11) is 0. The Balaban J connectivity index is 1.45. The minimum absolute atomic E-state index is 0.110. The lowest BCUT2D eigenvalue weighted by Gasteiger charge is -2.26. The molecule has 29 heavy (non-hydrogen) atoms. The van der Waals surface area contributed by atoms with Gasteiger partial charge in [0.25, 0.3) is 5.91 Å². The molecule has 0 saturated carbocycles. The number of pyridine rings is 1. The summed E-state index contributed by atoms with van der Waals surface area (Å²) in [6.45, 7) is -1.92. The Kier molecular flexibility index (Phi) is 5.07. The largest absolute Gasteiger partial charge is 0.435 e. The van der Waals surface area contributed by atoms with Crippen molar-refractivity contribution in [2.45, 2.75) is 19.7 Å². The molecule has 0 saturated heterocycles. The number of amides is 1. The molecule has 0 radical (unpaired) electrons. The molecule has 0 bridgehead atoms. The molecule has 150 valence electrons. The van der Waals surface area contributed by atoms with E-state index in [0.29, 0.717) is 30.3 Å². The number of anilines is 2. The van der Waals surface area contributed by atoms with Gasteiger partial charge in [0, 0.05) is 18.8 Å². The number of benzene rings is 1. The summed E-state index contributed by atoms with van der Waals surface area (Å²) >= 11 is 0. The average molecular weight is 403 g/mol. The maximum atomic E-state index is 14.1. The van der Waals surface area contributed by atoms with Crippen LogP contribution in [0.4, 0.5) is 24.7 Å².